The molecule has 1 fully saturated rings. The number of unbranched alkanes of at least 4 members (excludes halogenated alkanes) is 1. The lowest BCUT2D eigenvalue weighted by molar-refractivity contribution is 0.156. The second kappa shape index (κ2) is 8.94. The molecular formula is C19H25N5O2S. The van der Waals surface area contributed by atoms with Crippen molar-refractivity contribution in [2.24, 2.45) is 5.10 Å². The van der Waals surface area contributed by atoms with E-state index in [1.165, 1.54) is 6.21 Å². The highest BCUT2D eigenvalue weighted by atomic mass is 32.1. The third kappa shape index (κ3) is 4.44. The number of aromatic amines is 1. The monoisotopic (exact) mass is 387 g/mol. The number of pyridine rings is 1. The number of hydrogen-bond acceptors (Lipinski definition) is 6. The van der Waals surface area contributed by atoms with Crippen molar-refractivity contribution in [3.63, 3.8) is 0 Å². The van der Waals surface area contributed by atoms with Crippen LogP contribution in [0.2, 0.25) is 0 Å². The molecule has 27 heavy (non-hydrogen) atoms. The molecule has 2 aromatic heterocycles. The SMILES string of the molecule is CCCCn1c(O)c(C=NN2CCCC[C@@H]2c2cccnc2)c(=O)[nH]c1=S. The minimum Gasteiger partial charge on any atom is -0.494 e. The van der Waals surface area contributed by atoms with Gasteiger partial charge in [0.2, 0.25) is 5.88 Å². The number of nitrogens with one attached hydrogen (secondary N) is 1. The van der Waals surface area contributed by atoms with Crippen LogP contribution in [0, 0.1) is 4.77 Å². The van der Waals surface area contributed by atoms with E-state index in [-0.39, 0.29) is 22.3 Å². The molecule has 0 spiro atoms. The molecule has 0 amide bonds. The minimum absolute atomic E-state index is 0.121. The van der Waals surface area contributed by atoms with Gasteiger partial charge in [-0.25, -0.2) is 0 Å². The molecule has 7 nitrogen and oxygen atoms in total. The Morgan fingerprint density at radius 3 is 3.07 bits per heavy atom. The van der Waals surface area contributed by atoms with Crippen molar-refractivity contribution in [1.82, 2.24) is 19.5 Å². The summed E-state index contributed by atoms with van der Waals surface area (Å²) in [6.45, 7) is 3.41. The lowest BCUT2D eigenvalue weighted by Gasteiger charge is -2.33. The highest BCUT2D eigenvalue weighted by Gasteiger charge is 2.23. The zero-order valence-corrected chi connectivity index (χ0v) is 16.3. The maximum Gasteiger partial charge on any atom is 0.264 e. The van der Waals surface area contributed by atoms with Crippen molar-refractivity contribution < 1.29 is 5.11 Å². The zero-order chi connectivity index (χ0) is 19.2. The molecule has 0 unspecified atom stereocenters. The summed E-state index contributed by atoms with van der Waals surface area (Å²) in [5.41, 5.74) is 0.811. The fourth-order valence-corrected chi connectivity index (χ4v) is 3.58. The molecule has 0 saturated carbocycles. The van der Waals surface area contributed by atoms with Gasteiger partial charge in [-0.3, -0.25) is 24.3 Å². The van der Waals surface area contributed by atoms with Gasteiger partial charge in [-0.1, -0.05) is 19.4 Å². The van der Waals surface area contributed by atoms with E-state index in [1.807, 2.05) is 23.3 Å². The van der Waals surface area contributed by atoms with Crippen LogP contribution >= 0.6 is 12.2 Å². The third-order valence-electron chi connectivity index (χ3n) is 4.82. The Morgan fingerprint density at radius 2 is 2.33 bits per heavy atom. The first kappa shape index (κ1) is 19.3. The molecule has 2 aromatic rings. The average molecular weight is 388 g/mol. The van der Waals surface area contributed by atoms with Crippen molar-refractivity contribution in [2.45, 2.75) is 51.6 Å². The Kier molecular flexibility index (Phi) is 6.39. The third-order valence-corrected chi connectivity index (χ3v) is 5.14. The van der Waals surface area contributed by atoms with Gasteiger partial charge in [0.1, 0.15) is 5.56 Å². The first-order valence-corrected chi connectivity index (χ1v) is 9.79. The van der Waals surface area contributed by atoms with Gasteiger partial charge < -0.3 is 5.11 Å². The summed E-state index contributed by atoms with van der Waals surface area (Å²) in [6, 6.07) is 4.08. The molecule has 0 bridgehead atoms. The van der Waals surface area contributed by atoms with E-state index in [2.05, 4.69) is 22.0 Å². The Labute approximate surface area is 163 Å². The van der Waals surface area contributed by atoms with Crippen LogP contribution in [0.5, 0.6) is 5.88 Å². The van der Waals surface area contributed by atoms with Gasteiger partial charge in [-0.05, 0) is 49.5 Å². The number of H-pyrrole nitrogens is 1. The van der Waals surface area contributed by atoms with E-state index in [1.54, 1.807) is 10.8 Å². The molecule has 8 heteroatoms. The highest BCUT2D eigenvalue weighted by Crippen LogP contribution is 2.30. The Hall–Kier alpha value is -2.48. The van der Waals surface area contributed by atoms with Gasteiger partial charge in [0.05, 0.1) is 12.3 Å². The van der Waals surface area contributed by atoms with Gasteiger partial charge in [0.15, 0.2) is 4.77 Å². The highest BCUT2D eigenvalue weighted by molar-refractivity contribution is 7.71. The number of piperidine rings is 1. The molecule has 0 aliphatic carbocycles. The topological polar surface area (TPSA) is 86.5 Å². The van der Waals surface area contributed by atoms with E-state index < -0.39 is 5.56 Å². The van der Waals surface area contributed by atoms with Crippen LogP contribution in [0.15, 0.2) is 34.4 Å². The largest absolute Gasteiger partial charge is 0.494 e. The summed E-state index contributed by atoms with van der Waals surface area (Å²) in [6.07, 6.45) is 10.0. The number of rotatable bonds is 6. The first-order chi connectivity index (χ1) is 13.1. The summed E-state index contributed by atoms with van der Waals surface area (Å²) < 4.78 is 1.78. The van der Waals surface area contributed by atoms with Crippen LogP contribution < -0.4 is 5.56 Å². The van der Waals surface area contributed by atoms with E-state index in [4.69, 9.17) is 12.2 Å². The molecule has 1 saturated heterocycles. The van der Waals surface area contributed by atoms with E-state index >= 15 is 0 Å². The Bertz CT molecular complexity index is 907. The molecule has 1 atom stereocenters. The molecule has 2 N–H and O–H groups in total. The van der Waals surface area contributed by atoms with Crippen LogP contribution in [0.4, 0.5) is 0 Å². The molecular weight excluding hydrogens is 362 g/mol. The van der Waals surface area contributed by atoms with Gasteiger partial charge in [-0.2, -0.15) is 5.10 Å². The zero-order valence-electron chi connectivity index (χ0n) is 15.5. The predicted molar refractivity (Wildman–Crippen MR) is 108 cm³/mol. The van der Waals surface area contributed by atoms with Crippen LogP contribution in [0.1, 0.15) is 56.2 Å². The Balaban J connectivity index is 1.90. The second-order valence-electron chi connectivity index (χ2n) is 6.71. The second-order valence-corrected chi connectivity index (χ2v) is 7.09. The molecule has 144 valence electrons. The number of hydrogen-bond donors (Lipinski definition) is 2. The smallest absolute Gasteiger partial charge is 0.264 e. The van der Waals surface area contributed by atoms with Crippen LogP contribution in [0.3, 0.4) is 0 Å². The number of hydrazone groups is 1. The number of aromatic nitrogens is 3. The fourth-order valence-electron chi connectivity index (χ4n) is 3.31. The summed E-state index contributed by atoms with van der Waals surface area (Å²) in [5.74, 6) is -0.129. The number of nitrogens with zero attached hydrogens (tertiary/aromatic N) is 4. The van der Waals surface area contributed by atoms with Gasteiger partial charge in [0.25, 0.3) is 5.56 Å². The van der Waals surface area contributed by atoms with Crippen LogP contribution in [0.25, 0.3) is 0 Å². The maximum atomic E-state index is 12.3. The van der Waals surface area contributed by atoms with Crippen molar-refractivity contribution in [2.75, 3.05) is 6.54 Å². The maximum absolute atomic E-state index is 12.3. The molecule has 1 aliphatic rings. The predicted octanol–water partition coefficient (Wildman–Crippen LogP) is 3.37. The van der Waals surface area contributed by atoms with Crippen molar-refractivity contribution in [3.8, 4) is 5.88 Å². The van der Waals surface area contributed by atoms with Crippen LogP contribution in [-0.2, 0) is 6.54 Å². The molecule has 3 heterocycles. The van der Waals surface area contributed by atoms with E-state index in [9.17, 15) is 9.90 Å². The lowest BCUT2D eigenvalue weighted by Crippen LogP contribution is -2.29. The van der Waals surface area contributed by atoms with Gasteiger partial charge in [0, 0.05) is 25.5 Å². The summed E-state index contributed by atoms with van der Waals surface area (Å²) in [5, 5.41) is 17.1. The van der Waals surface area contributed by atoms with Crippen molar-refractivity contribution in [3.05, 3.63) is 50.8 Å². The normalized spacial score (nSPS) is 17.5. The number of aromatic hydroxyl groups is 1. The quantitative estimate of drug-likeness (QED) is 0.586. The van der Waals surface area contributed by atoms with Gasteiger partial charge in [-0.15, -0.1) is 0 Å². The first-order valence-electron chi connectivity index (χ1n) is 9.38. The van der Waals surface area contributed by atoms with Gasteiger partial charge >= 0.3 is 0 Å². The summed E-state index contributed by atoms with van der Waals surface area (Å²) in [4.78, 5) is 19.1. The summed E-state index contributed by atoms with van der Waals surface area (Å²) in [7, 11) is 0. The average Bonchev–Trinajstić information content (AvgIpc) is 2.68. The fraction of sp³-hybridized carbons (Fsp3) is 0.474. The standard InChI is InChI=1S/C19H25N5O2S/c1-2-3-10-23-18(26)15(17(25)22-19(23)27)13-21-24-11-5-4-8-16(24)14-7-6-9-20-12-14/h6-7,9,12-13,16,26H,2-5,8,10-11H2,1H3,(H,22,25,27)/t16-/m1/s1. The van der Waals surface area contributed by atoms with Crippen molar-refractivity contribution in [1.29, 1.82) is 0 Å². The Morgan fingerprint density at radius 1 is 1.48 bits per heavy atom. The van der Waals surface area contributed by atoms with Crippen LogP contribution in [-0.4, -0.2) is 37.4 Å². The van der Waals surface area contributed by atoms with E-state index in [0.717, 1.165) is 44.2 Å². The summed E-state index contributed by atoms with van der Waals surface area (Å²) >= 11 is 5.18. The minimum atomic E-state index is -0.427. The van der Waals surface area contributed by atoms with Crippen molar-refractivity contribution >= 4 is 18.4 Å². The molecule has 1 aliphatic heterocycles. The lowest BCUT2D eigenvalue weighted by atomic mass is 9.98. The van der Waals surface area contributed by atoms with E-state index in [0.29, 0.717) is 6.54 Å². The molecule has 0 aromatic carbocycles. The molecule has 0 radical (unpaired) electrons. The molecule has 3 rings (SSSR count).